The van der Waals surface area contributed by atoms with Gasteiger partial charge in [-0.1, -0.05) is 17.7 Å². The molecule has 1 aromatic carbocycles. The molecule has 6 nitrogen and oxygen atoms in total. The summed E-state index contributed by atoms with van der Waals surface area (Å²) in [7, 11) is 0. The van der Waals surface area contributed by atoms with Crippen molar-refractivity contribution < 1.29 is 33.9 Å². The molecule has 2 aromatic heterocycles. The van der Waals surface area contributed by atoms with Crippen molar-refractivity contribution in [3.05, 3.63) is 57.1 Å². The molecular weight excluding hydrogens is 354 g/mol. The second-order valence-electron chi connectivity index (χ2n) is 3.84. The van der Waals surface area contributed by atoms with Gasteiger partial charge in [0.25, 0.3) is 0 Å². The van der Waals surface area contributed by atoms with Crippen LogP contribution in [0.15, 0.2) is 35.9 Å². The van der Waals surface area contributed by atoms with Crippen LogP contribution in [-0.4, -0.2) is 9.97 Å². The van der Waals surface area contributed by atoms with Crippen LogP contribution in [0.1, 0.15) is 5.56 Å². The predicted octanol–water partition coefficient (Wildman–Crippen LogP) is 1.28. The summed E-state index contributed by atoms with van der Waals surface area (Å²) in [5.74, 6) is -0.481. The maximum atomic E-state index is 13.6. The van der Waals surface area contributed by atoms with E-state index >= 15 is 0 Å². The third kappa shape index (κ3) is 4.22. The molecule has 0 bridgehead atoms. The molecule has 0 radical (unpaired) electrons. The van der Waals surface area contributed by atoms with Crippen LogP contribution < -0.4 is 29.6 Å². The van der Waals surface area contributed by atoms with Crippen molar-refractivity contribution in [3.63, 3.8) is 0 Å². The van der Waals surface area contributed by atoms with Crippen molar-refractivity contribution >= 4 is 33.2 Å². The number of hydrogen-bond donors (Lipinski definition) is 0. The zero-order chi connectivity index (χ0) is 16.1. The molecule has 0 aliphatic heterocycles. The Bertz CT molecular complexity index is 884. The van der Waals surface area contributed by atoms with E-state index in [4.69, 9.17) is 27.0 Å². The Kier molecular flexibility index (Phi) is 7.48. The quantitative estimate of drug-likeness (QED) is 0.370. The third-order valence-electron chi connectivity index (χ3n) is 2.61. The molecule has 0 unspecified atom stereocenters. The fourth-order valence-corrected chi connectivity index (χ4v) is 3.10. The molecule has 0 fully saturated rings. The number of pyridine rings is 1. The van der Waals surface area contributed by atoms with Gasteiger partial charge in [-0.25, -0.2) is 9.37 Å². The Balaban J connectivity index is 0.000000615. The second-order valence-corrected chi connectivity index (χ2v) is 5.27. The van der Waals surface area contributed by atoms with Crippen LogP contribution in [0.25, 0.3) is 20.8 Å². The molecule has 0 saturated carbocycles. The van der Waals surface area contributed by atoms with E-state index in [1.165, 1.54) is 11.3 Å². The summed E-state index contributed by atoms with van der Waals surface area (Å²) in [5, 5.41) is 19.1. The van der Waals surface area contributed by atoms with Crippen LogP contribution in [0, 0.1) is 27.3 Å². The molecule has 2 heterocycles. The number of halogens is 2. The van der Waals surface area contributed by atoms with E-state index in [9.17, 15) is 4.39 Å². The summed E-state index contributed by atoms with van der Waals surface area (Å²) in [6.07, 6.45) is 2.66. The van der Waals surface area contributed by atoms with Crippen LogP contribution in [0.3, 0.4) is 0 Å². The molecule has 0 N–H and O–H groups in total. The van der Waals surface area contributed by atoms with E-state index in [0.29, 0.717) is 25.9 Å². The van der Waals surface area contributed by atoms with Crippen LogP contribution >= 0.6 is 22.9 Å². The van der Waals surface area contributed by atoms with E-state index in [1.54, 1.807) is 24.4 Å². The summed E-state index contributed by atoms with van der Waals surface area (Å²) in [4.78, 5) is 16.0. The number of nitriles is 1. The number of fused-ring (bicyclic) bond motifs is 1. The zero-order valence-corrected chi connectivity index (χ0v) is 15.2. The first kappa shape index (κ1) is 19.4. The Morgan fingerprint density at radius 3 is 2.70 bits per heavy atom. The molecule has 110 valence electrons. The monoisotopic (exact) mass is 358 g/mol. The molecule has 3 rings (SSSR count). The van der Waals surface area contributed by atoms with Gasteiger partial charge >= 0.3 is 29.6 Å². The average molecular weight is 359 g/mol. The van der Waals surface area contributed by atoms with E-state index < -0.39 is 5.82 Å². The topological polar surface area (TPSA) is 102 Å². The molecular formula is C13H5ClFN4NaO2S. The number of rotatable bonds is 1. The molecule has 0 amide bonds. The van der Waals surface area contributed by atoms with Crippen molar-refractivity contribution in [2.75, 3.05) is 0 Å². The minimum atomic E-state index is -0.481. The van der Waals surface area contributed by atoms with Gasteiger partial charge < -0.3 is 10.1 Å². The van der Waals surface area contributed by atoms with Crippen molar-refractivity contribution in [1.29, 1.82) is 5.26 Å². The van der Waals surface area contributed by atoms with Crippen LogP contribution in [0.5, 0.6) is 0 Å². The summed E-state index contributed by atoms with van der Waals surface area (Å²) < 4.78 is 14.2. The Labute approximate surface area is 160 Å². The van der Waals surface area contributed by atoms with Crippen LogP contribution in [0.4, 0.5) is 4.39 Å². The van der Waals surface area contributed by atoms with Gasteiger partial charge in [-0.05, 0) is 12.1 Å². The van der Waals surface area contributed by atoms with E-state index in [-0.39, 0.29) is 35.1 Å². The Hall–Kier alpha value is -1.63. The summed E-state index contributed by atoms with van der Waals surface area (Å²) in [5.41, 5.74) is 1.20. The molecule has 0 atom stereocenters. The van der Waals surface area contributed by atoms with Crippen LogP contribution in [0.2, 0.25) is 5.02 Å². The maximum absolute atomic E-state index is 13.6. The van der Waals surface area contributed by atoms with Gasteiger partial charge in [0.2, 0.25) is 0 Å². The normalized spacial score (nSPS) is 9.26. The standard InChI is InChI=1S/C13H5ClFN3S.HNO2.Na/c14-8-3-1-2-7(4-16)11(8)13-18-12-9(15)5-17-6-10(12)19-13;2-1-3;/h1-3,5-6H;(H,2,3);/q;;+1/p-1. The smallest absolute Gasteiger partial charge is 0.444 e. The number of nitrogens with zero attached hydrogens (tertiary/aromatic N) is 4. The Morgan fingerprint density at radius 2 is 2.09 bits per heavy atom. The summed E-state index contributed by atoms with van der Waals surface area (Å²) >= 11 is 7.38. The number of benzene rings is 1. The van der Waals surface area contributed by atoms with Crippen molar-refractivity contribution in [2.45, 2.75) is 0 Å². The number of aromatic nitrogens is 2. The van der Waals surface area contributed by atoms with Gasteiger partial charge in [0.15, 0.2) is 5.82 Å². The van der Waals surface area contributed by atoms with Gasteiger partial charge in [-0.3, -0.25) is 4.98 Å². The van der Waals surface area contributed by atoms with E-state index in [2.05, 4.69) is 16.0 Å². The number of hydrogen-bond acceptors (Lipinski definition) is 7. The SMILES string of the molecule is N#Cc1cccc(Cl)c1-c1nc2c(F)cncc2s1.O=N[O-].[Na+]. The predicted molar refractivity (Wildman–Crippen MR) is 81.7 cm³/mol. The van der Waals surface area contributed by atoms with Gasteiger partial charge in [-0.2, -0.15) is 5.26 Å². The molecule has 0 aliphatic rings. The Morgan fingerprint density at radius 1 is 1.39 bits per heavy atom. The summed E-state index contributed by atoms with van der Waals surface area (Å²) in [6, 6.07) is 7.09. The molecule has 0 aliphatic carbocycles. The average Bonchev–Trinajstić information content (AvgIpc) is 2.92. The van der Waals surface area contributed by atoms with E-state index in [1.807, 2.05) is 0 Å². The minimum absolute atomic E-state index is 0. The van der Waals surface area contributed by atoms with Gasteiger partial charge in [0.1, 0.15) is 10.5 Å². The molecule has 0 saturated heterocycles. The van der Waals surface area contributed by atoms with Gasteiger partial charge in [-0.15, -0.1) is 16.7 Å². The molecule has 23 heavy (non-hydrogen) atoms. The van der Waals surface area contributed by atoms with Gasteiger partial charge in [0, 0.05) is 11.8 Å². The molecule has 0 spiro atoms. The first-order valence-electron chi connectivity index (χ1n) is 5.66. The fraction of sp³-hybridized carbons (Fsp3) is 0. The third-order valence-corrected chi connectivity index (χ3v) is 3.93. The van der Waals surface area contributed by atoms with Crippen molar-refractivity contribution in [2.24, 2.45) is 5.34 Å². The van der Waals surface area contributed by atoms with Crippen molar-refractivity contribution in [3.8, 4) is 16.6 Å². The van der Waals surface area contributed by atoms with Crippen LogP contribution in [-0.2, 0) is 0 Å². The summed E-state index contributed by atoms with van der Waals surface area (Å²) in [6.45, 7) is 0. The first-order valence-corrected chi connectivity index (χ1v) is 6.85. The largest absolute Gasteiger partial charge is 1.00 e. The van der Waals surface area contributed by atoms with E-state index in [0.717, 1.165) is 11.5 Å². The first-order chi connectivity index (χ1) is 10.6. The minimum Gasteiger partial charge on any atom is -0.444 e. The zero-order valence-electron chi connectivity index (χ0n) is 11.7. The molecule has 10 heteroatoms. The van der Waals surface area contributed by atoms with Gasteiger partial charge in [0.05, 0.1) is 27.6 Å². The fourth-order valence-electron chi connectivity index (χ4n) is 1.76. The number of thiazole rings is 1. The molecule has 3 aromatic rings. The maximum Gasteiger partial charge on any atom is 1.00 e. The van der Waals surface area contributed by atoms with Crippen molar-refractivity contribution in [1.82, 2.24) is 9.97 Å². The second kappa shape index (κ2) is 8.86.